The van der Waals surface area contributed by atoms with E-state index in [1.54, 1.807) is 10.8 Å². The van der Waals surface area contributed by atoms with Gasteiger partial charge in [-0.3, -0.25) is 14.3 Å². The number of aromatic nitrogens is 7. The number of methoxy groups -OCH3 is 1. The Morgan fingerprint density at radius 1 is 1.16 bits per heavy atom. The number of nitrogens with two attached hydrogens (primary N) is 1. The number of nitrogens with one attached hydrogen (secondary N) is 1. The highest BCUT2D eigenvalue weighted by Gasteiger charge is 2.31. The van der Waals surface area contributed by atoms with E-state index in [1.807, 2.05) is 13.8 Å². The second-order valence-corrected chi connectivity index (χ2v) is 10.7. The Hall–Kier alpha value is -4.04. The number of primary sulfonamides is 1. The number of fused-ring (bicyclic) bond motifs is 1. The standard InChI is InChI=1S/C24H27N9O4S/c1-4-13(2)33-22-17(11-28-20(32-22)18-19(14-5-6-14)29-12-30-23(18)37-3)31-21(24(33)34)27-9-15-7-8-16(10-26-15)38(25,35)36/h7-8,10-14H,4-6,9H2,1-3H3,(H,27,31)(H2,25,35,36)/t13-/m1/s1. The third-order valence-corrected chi connectivity index (χ3v) is 7.35. The summed E-state index contributed by atoms with van der Waals surface area (Å²) >= 11 is 0. The van der Waals surface area contributed by atoms with Gasteiger partial charge in [-0.2, -0.15) is 0 Å². The summed E-state index contributed by atoms with van der Waals surface area (Å²) in [6.07, 6.45) is 6.94. The van der Waals surface area contributed by atoms with Gasteiger partial charge in [0.05, 0.1) is 31.2 Å². The van der Waals surface area contributed by atoms with Crippen molar-refractivity contribution >= 4 is 27.0 Å². The van der Waals surface area contributed by atoms with Gasteiger partial charge in [0.15, 0.2) is 17.3 Å². The van der Waals surface area contributed by atoms with Crippen LogP contribution < -0.4 is 20.8 Å². The summed E-state index contributed by atoms with van der Waals surface area (Å²) in [6.45, 7) is 4.05. The SMILES string of the molecule is CC[C@@H](C)n1c(=O)c(NCc2ccc(S(N)(=O)=O)cn2)nc2cnc(-c3c(OC)ncnc3C3CC3)nc21. The average Bonchev–Trinajstić information content (AvgIpc) is 3.76. The van der Waals surface area contributed by atoms with E-state index in [2.05, 4.69) is 30.2 Å². The molecule has 0 spiro atoms. The predicted octanol–water partition coefficient (Wildman–Crippen LogP) is 2.15. The minimum absolute atomic E-state index is 0.0950. The summed E-state index contributed by atoms with van der Waals surface area (Å²) in [4.78, 5) is 40.1. The first-order chi connectivity index (χ1) is 18.2. The maximum Gasteiger partial charge on any atom is 0.295 e. The van der Waals surface area contributed by atoms with Crippen molar-refractivity contribution in [3.8, 4) is 17.3 Å². The normalized spacial score (nSPS) is 14.4. The molecule has 1 saturated carbocycles. The summed E-state index contributed by atoms with van der Waals surface area (Å²) in [7, 11) is -2.31. The average molecular weight is 538 g/mol. The van der Waals surface area contributed by atoms with E-state index in [0.29, 0.717) is 46.5 Å². The number of hydrogen-bond acceptors (Lipinski definition) is 11. The fraction of sp³-hybridized carbons (Fsp3) is 0.375. The van der Waals surface area contributed by atoms with Gasteiger partial charge in [0.2, 0.25) is 15.9 Å². The van der Waals surface area contributed by atoms with E-state index in [4.69, 9.17) is 14.9 Å². The monoisotopic (exact) mass is 537 g/mol. The first-order valence-electron chi connectivity index (χ1n) is 12.1. The number of hydrogen-bond donors (Lipinski definition) is 2. The summed E-state index contributed by atoms with van der Waals surface area (Å²) in [5.74, 6) is 1.15. The lowest BCUT2D eigenvalue weighted by atomic mass is 10.1. The predicted molar refractivity (Wildman–Crippen MR) is 139 cm³/mol. The van der Waals surface area contributed by atoms with Crippen LogP contribution in [0.25, 0.3) is 22.6 Å². The number of anilines is 1. The van der Waals surface area contributed by atoms with E-state index in [0.717, 1.165) is 18.5 Å². The Labute approximate surface area is 218 Å². The molecular formula is C24H27N9O4S. The van der Waals surface area contributed by atoms with Crippen LogP contribution in [0.15, 0.2) is 40.5 Å². The Morgan fingerprint density at radius 2 is 1.95 bits per heavy atom. The molecule has 198 valence electrons. The zero-order valence-corrected chi connectivity index (χ0v) is 21.9. The summed E-state index contributed by atoms with van der Waals surface area (Å²) in [5, 5.41) is 8.14. The van der Waals surface area contributed by atoms with Crippen LogP contribution in [0.1, 0.15) is 56.5 Å². The van der Waals surface area contributed by atoms with Crippen molar-refractivity contribution in [2.75, 3.05) is 12.4 Å². The van der Waals surface area contributed by atoms with Crippen molar-refractivity contribution in [3.63, 3.8) is 0 Å². The second kappa shape index (κ2) is 10.0. The van der Waals surface area contributed by atoms with Gasteiger partial charge in [-0.1, -0.05) is 6.92 Å². The van der Waals surface area contributed by atoms with Crippen LogP contribution in [0.4, 0.5) is 5.82 Å². The van der Waals surface area contributed by atoms with Crippen LogP contribution in [0.5, 0.6) is 5.88 Å². The van der Waals surface area contributed by atoms with Crippen molar-refractivity contribution in [1.82, 2.24) is 34.5 Å². The molecule has 3 N–H and O–H groups in total. The first-order valence-corrected chi connectivity index (χ1v) is 13.7. The maximum atomic E-state index is 13.6. The van der Waals surface area contributed by atoms with Crippen LogP contribution in [0.3, 0.4) is 0 Å². The van der Waals surface area contributed by atoms with Crippen molar-refractivity contribution in [2.24, 2.45) is 5.14 Å². The Balaban J connectivity index is 1.56. The van der Waals surface area contributed by atoms with E-state index < -0.39 is 10.0 Å². The fourth-order valence-electron chi connectivity index (χ4n) is 4.10. The molecule has 1 fully saturated rings. The Bertz CT molecular complexity index is 1670. The summed E-state index contributed by atoms with van der Waals surface area (Å²) < 4.78 is 30.0. The van der Waals surface area contributed by atoms with Crippen molar-refractivity contribution in [1.29, 1.82) is 0 Å². The van der Waals surface area contributed by atoms with Gasteiger partial charge in [-0.05, 0) is 38.3 Å². The lowest BCUT2D eigenvalue weighted by Gasteiger charge is -2.18. The minimum atomic E-state index is -3.85. The molecule has 0 unspecified atom stereocenters. The third-order valence-electron chi connectivity index (χ3n) is 6.45. The Kier molecular flexibility index (Phi) is 6.75. The molecule has 38 heavy (non-hydrogen) atoms. The van der Waals surface area contributed by atoms with Crippen molar-refractivity contribution in [2.45, 2.75) is 56.5 Å². The minimum Gasteiger partial charge on any atom is -0.480 e. The summed E-state index contributed by atoms with van der Waals surface area (Å²) in [5.41, 5.74) is 2.43. The highest BCUT2D eigenvalue weighted by atomic mass is 32.2. The van der Waals surface area contributed by atoms with E-state index >= 15 is 0 Å². The summed E-state index contributed by atoms with van der Waals surface area (Å²) in [6, 6.07) is 2.70. The molecule has 1 aliphatic carbocycles. The van der Waals surface area contributed by atoms with Crippen LogP contribution in [0, 0.1) is 0 Å². The Morgan fingerprint density at radius 3 is 2.58 bits per heavy atom. The van der Waals surface area contributed by atoms with Gasteiger partial charge < -0.3 is 10.1 Å². The molecule has 4 aromatic heterocycles. The number of nitrogens with zero attached hydrogens (tertiary/aromatic N) is 7. The molecule has 0 aromatic carbocycles. The second-order valence-electron chi connectivity index (χ2n) is 9.10. The van der Waals surface area contributed by atoms with Crippen LogP contribution in [-0.2, 0) is 16.6 Å². The molecule has 14 heteroatoms. The van der Waals surface area contributed by atoms with Gasteiger partial charge in [0.25, 0.3) is 5.56 Å². The quantitative estimate of drug-likeness (QED) is 0.319. The zero-order valence-electron chi connectivity index (χ0n) is 21.1. The number of pyridine rings is 1. The molecule has 0 amide bonds. The lowest BCUT2D eigenvalue weighted by Crippen LogP contribution is -2.28. The number of sulfonamides is 1. The van der Waals surface area contributed by atoms with Crippen molar-refractivity contribution in [3.05, 3.63) is 52.6 Å². The third kappa shape index (κ3) is 4.91. The molecule has 1 atom stereocenters. The van der Waals surface area contributed by atoms with E-state index in [9.17, 15) is 13.2 Å². The highest BCUT2D eigenvalue weighted by molar-refractivity contribution is 7.89. The van der Waals surface area contributed by atoms with Crippen LogP contribution in [0.2, 0.25) is 0 Å². The topological polar surface area (TPSA) is 181 Å². The first kappa shape index (κ1) is 25.6. The lowest BCUT2D eigenvalue weighted by molar-refractivity contribution is 0.397. The molecular weight excluding hydrogens is 510 g/mol. The zero-order chi connectivity index (χ0) is 27.0. The largest absolute Gasteiger partial charge is 0.480 e. The van der Waals surface area contributed by atoms with E-state index in [1.165, 1.54) is 31.8 Å². The van der Waals surface area contributed by atoms with Crippen LogP contribution in [-0.4, -0.2) is 50.0 Å². The fourth-order valence-corrected chi connectivity index (χ4v) is 4.56. The van der Waals surface area contributed by atoms with E-state index in [-0.39, 0.29) is 28.9 Å². The molecule has 0 saturated heterocycles. The molecule has 5 rings (SSSR count). The van der Waals surface area contributed by atoms with Crippen LogP contribution >= 0.6 is 0 Å². The van der Waals surface area contributed by atoms with Gasteiger partial charge in [-0.25, -0.2) is 38.5 Å². The van der Waals surface area contributed by atoms with Gasteiger partial charge in [-0.15, -0.1) is 0 Å². The molecule has 0 aliphatic heterocycles. The maximum absolute atomic E-state index is 13.6. The molecule has 0 bridgehead atoms. The van der Waals surface area contributed by atoms with Crippen molar-refractivity contribution < 1.29 is 13.2 Å². The highest BCUT2D eigenvalue weighted by Crippen LogP contribution is 2.44. The van der Waals surface area contributed by atoms with Gasteiger partial charge in [0.1, 0.15) is 22.3 Å². The molecule has 0 radical (unpaired) electrons. The molecule has 4 heterocycles. The molecule has 1 aliphatic rings. The molecule has 13 nitrogen and oxygen atoms in total. The number of rotatable bonds is 9. The smallest absolute Gasteiger partial charge is 0.295 e. The van der Waals surface area contributed by atoms with Gasteiger partial charge in [0, 0.05) is 18.2 Å². The molecule has 4 aromatic rings. The number of ether oxygens (including phenoxy) is 1. The van der Waals surface area contributed by atoms with Gasteiger partial charge >= 0.3 is 0 Å².